The summed E-state index contributed by atoms with van der Waals surface area (Å²) in [6, 6.07) is 2.92. The van der Waals surface area contributed by atoms with Gasteiger partial charge in [0.05, 0.1) is 15.6 Å². The molecule has 1 saturated heterocycles. The highest BCUT2D eigenvalue weighted by Crippen LogP contribution is 2.31. The maximum atomic E-state index is 12.2. The molecule has 10 heteroatoms. The van der Waals surface area contributed by atoms with Crippen molar-refractivity contribution in [3.8, 4) is 0 Å². The van der Waals surface area contributed by atoms with Crippen molar-refractivity contribution >= 4 is 35.2 Å². The maximum absolute atomic E-state index is 12.2. The van der Waals surface area contributed by atoms with Crippen LogP contribution in [0.2, 0.25) is 0 Å². The van der Waals surface area contributed by atoms with Gasteiger partial charge in [-0.05, 0) is 25.0 Å². The molecule has 1 aliphatic heterocycles. The molecule has 1 atom stereocenters. The summed E-state index contributed by atoms with van der Waals surface area (Å²) < 4.78 is 0. The van der Waals surface area contributed by atoms with E-state index in [0.717, 1.165) is 17.8 Å². The fraction of sp³-hybridized carbons (Fsp3) is 0.357. The van der Waals surface area contributed by atoms with Crippen LogP contribution in [0.25, 0.3) is 0 Å². The molecule has 0 bridgehead atoms. The molecular weight excluding hydrogens is 338 g/mol. The Labute approximate surface area is 140 Å². The minimum absolute atomic E-state index is 0.00265. The van der Waals surface area contributed by atoms with Crippen LogP contribution in [0.1, 0.15) is 23.2 Å². The SMILES string of the molecule is NC(=O)c1ccc(SCC(=O)N2CCC[C@H]2C(=O)O)c([N+](=O)[O-])c1. The van der Waals surface area contributed by atoms with Crippen LogP contribution in [0, 0.1) is 10.1 Å². The van der Waals surface area contributed by atoms with Gasteiger partial charge in [-0.1, -0.05) is 0 Å². The highest BCUT2D eigenvalue weighted by molar-refractivity contribution is 8.00. The lowest BCUT2D eigenvalue weighted by atomic mass is 10.2. The van der Waals surface area contributed by atoms with Gasteiger partial charge in [0.1, 0.15) is 6.04 Å². The molecule has 0 spiro atoms. The molecule has 24 heavy (non-hydrogen) atoms. The van der Waals surface area contributed by atoms with Gasteiger partial charge in [-0.2, -0.15) is 0 Å². The van der Waals surface area contributed by atoms with Gasteiger partial charge in [0.25, 0.3) is 5.69 Å². The van der Waals surface area contributed by atoms with Crippen LogP contribution in [-0.2, 0) is 9.59 Å². The lowest BCUT2D eigenvalue weighted by molar-refractivity contribution is -0.387. The molecule has 0 aliphatic carbocycles. The van der Waals surface area contributed by atoms with Crippen LogP contribution in [0.3, 0.4) is 0 Å². The molecule has 1 aliphatic rings. The van der Waals surface area contributed by atoms with E-state index in [1.165, 1.54) is 17.0 Å². The van der Waals surface area contributed by atoms with Crippen molar-refractivity contribution in [3.63, 3.8) is 0 Å². The first-order valence-electron chi connectivity index (χ1n) is 7.04. The first kappa shape index (κ1) is 17.7. The Morgan fingerprint density at radius 3 is 2.71 bits per heavy atom. The summed E-state index contributed by atoms with van der Waals surface area (Å²) in [5, 5.41) is 20.2. The molecule has 1 fully saturated rings. The first-order chi connectivity index (χ1) is 11.3. The number of hydrogen-bond acceptors (Lipinski definition) is 6. The van der Waals surface area contributed by atoms with Gasteiger partial charge in [0.2, 0.25) is 11.8 Å². The monoisotopic (exact) mass is 353 g/mol. The number of nitrogens with two attached hydrogens (primary N) is 1. The Bertz CT molecular complexity index is 708. The van der Waals surface area contributed by atoms with Gasteiger partial charge in [-0.3, -0.25) is 19.7 Å². The van der Waals surface area contributed by atoms with E-state index in [-0.39, 0.29) is 21.9 Å². The summed E-state index contributed by atoms with van der Waals surface area (Å²) in [7, 11) is 0. The predicted molar refractivity (Wildman–Crippen MR) is 84.7 cm³/mol. The number of carbonyl (C=O) groups is 3. The summed E-state index contributed by atoms with van der Waals surface area (Å²) in [6.07, 6.45) is 1.01. The molecule has 1 aromatic carbocycles. The second-order valence-corrected chi connectivity index (χ2v) is 6.19. The number of hydrogen-bond donors (Lipinski definition) is 2. The number of carboxylic acid groups (broad SMARTS) is 1. The topological polar surface area (TPSA) is 144 Å². The molecule has 0 aromatic heterocycles. The summed E-state index contributed by atoms with van der Waals surface area (Å²) in [5.41, 5.74) is 4.78. The maximum Gasteiger partial charge on any atom is 0.326 e. The third kappa shape index (κ3) is 3.82. The number of benzene rings is 1. The number of nitro benzene ring substituents is 1. The zero-order valence-corrected chi connectivity index (χ0v) is 13.3. The van der Waals surface area contributed by atoms with E-state index in [9.17, 15) is 24.5 Å². The summed E-state index contributed by atoms with van der Waals surface area (Å²) in [5.74, 6) is -2.35. The molecule has 128 valence electrons. The van der Waals surface area contributed by atoms with Crippen molar-refractivity contribution in [2.45, 2.75) is 23.8 Å². The highest BCUT2D eigenvalue weighted by Gasteiger charge is 2.33. The highest BCUT2D eigenvalue weighted by atomic mass is 32.2. The van der Waals surface area contributed by atoms with Crippen LogP contribution >= 0.6 is 11.8 Å². The number of aliphatic carboxylic acids is 1. The number of thioether (sulfide) groups is 1. The predicted octanol–water partition coefficient (Wildman–Crippen LogP) is 0.861. The average molecular weight is 353 g/mol. The zero-order valence-electron chi connectivity index (χ0n) is 12.5. The molecule has 2 rings (SSSR count). The van der Waals surface area contributed by atoms with E-state index in [2.05, 4.69) is 0 Å². The normalized spacial score (nSPS) is 16.8. The van der Waals surface area contributed by atoms with Crippen LogP contribution in [-0.4, -0.2) is 51.1 Å². The van der Waals surface area contributed by atoms with Gasteiger partial charge in [-0.25, -0.2) is 4.79 Å². The number of nitrogens with zero attached hydrogens (tertiary/aromatic N) is 2. The van der Waals surface area contributed by atoms with Gasteiger partial charge >= 0.3 is 5.97 Å². The summed E-state index contributed by atoms with van der Waals surface area (Å²) in [6.45, 7) is 0.360. The number of primary amides is 1. The van der Waals surface area contributed by atoms with Crippen molar-refractivity contribution in [2.24, 2.45) is 5.73 Å². The Morgan fingerprint density at radius 2 is 2.12 bits per heavy atom. The second kappa shape index (κ2) is 7.30. The fourth-order valence-corrected chi connectivity index (χ4v) is 3.37. The third-order valence-corrected chi connectivity index (χ3v) is 4.70. The van der Waals surface area contributed by atoms with Gasteiger partial charge in [0.15, 0.2) is 0 Å². The number of rotatable bonds is 6. The van der Waals surface area contributed by atoms with E-state index in [1.807, 2.05) is 0 Å². The van der Waals surface area contributed by atoms with Crippen molar-refractivity contribution < 1.29 is 24.4 Å². The number of likely N-dealkylation sites (tertiary alicyclic amines) is 1. The van der Waals surface area contributed by atoms with Crippen LogP contribution < -0.4 is 5.73 Å². The second-order valence-electron chi connectivity index (χ2n) is 5.18. The van der Waals surface area contributed by atoms with E-state index in [0.29, 0.717) is 19.4 Å². The van der Waals surface area contributed by atoms with E-state index in [4.69, 9.17) is 10.8 Å². The van der Waals surface area contributed by atoms with Crippen molar-refractivity contribution in [2.75, 3.05) is 12.3 Å². The molecule has 0 saturated carbocycles. The lowest BCUT2D eigenvalue weighted by Crippen LogP contribution is -2.41. The zero-order chi connectivity index (χ0) is 17.9. The van der Waals surface area contributed by atoms with E-state index >= 15 is 0 Å². The van der Waals surface area contributed by atoms with E-state index in [1.54, 1.807) is 0 Å². The lowest BCUT2D eigenvalue weighted by Gasteiger charge is -2.21. The Balaban J connectivity index is 2.11. The minimum atomic E-state index is -1.05. The molecule has 9 nitrogen and oxygen atoms in total. The molecule has 1 heterocycles. The third-order valence-electron chi connectivity index (χ3n) is 3.65. The smallest absolute Gasteiger partial charge is 0.326 e. The molecule has 0 unspecified atom stereocenters. The number of carbonyl (C=O) groups excluding carboxylic acids is 2. The van der Waals surface area contributed by atoms with Crippen LogP contribution in [0.5, 0.6) is 0 Å². The van der Waals surface area contributed by atoms with Crippen molar-refractivity contribution in [3.05, 3.63) is 33.9 Å². The number of nitro groups is 1. The summed E-state index contributed by atoms with van der Waals surface area (Å²) >= 11 is 0.927. The first-order valence-corrected chi connectivity index (χ1v) is 8.03. The van der Waals surface area contributed by atoms with Gasteiger partial charge in [0, 0.05) is 18.2 Å². The van der Waals surface area contributed by atoms with Gasteiger partial charge in [-0.15, -0.1) is 11.8 Å². The molecule has 2 amide bonds. The Kier molecular flexibility index (Phi) is 5.39. The van der Waals surface area contributed by atoms with Crippen molar-refractivity contribution in [1.29, 1.82) is 0 Å². The molecule has 0 radical (unpaired) electrons. The Morgan fingerprint density at radius 1 is 1.42 bits per heavy atom. The quantitative estimate of drug-likeness (QED) is 0.438. The van der Waals surface area contributed by atoms with Gasteiger partial charge < -0.3 is 15.7 Å². The fourth-order valence-electron chi connectivity index (χ4n) is 2.48. The summed E-state index contributed by atoms with van der Waals surface area (Å²) in [4.78, 5) is 46.3. The van der Waals surface area contributed by atoms with E-state index < -0.39 is 28.7 Å². The van der Waals surface area contributed by atoms with Crippen molar-refractivity contribution in [1.82, 2.24) is 4.90 Å². The number of carboxylic acids is 1. The van der Waals surface area contributed by atoms with Crippen LogP contribution in [0.15, 0.2) is 23.1 Å². The molecule has 3 N–H and O–H groups in total. The largest absolute Gasteiger partial charge is 0.480 e. The number of amides is 2. The average Bonchev–Trinajstić information content (AvgIpc) is 3.02. The molecule has 1 aromatic rings. The molecular formula is C14H15N3O6S. The van der Waals surface area contributed by atoms with Crippen LogP contribution in [0.4, 0.5) is 5.69 Å². The Hall–Kier alpha value is -2.62. The standard InChI is InChI=1S/C14H15N3O6S/c15-13(19)8-3-4-11(10(6-8)17(22)23)24-7-12(18)16-5-1-2-9(16)14(20)21/h3-4,6,9H,1-2,5,7H2,(H2,15,19)(H,20,21)/t9-/m0/s1. The minimum Gasteiger partial charge on any atom is -0.480 e.